The molecule has 3 aliphatic rings. The number of aliphatic hydroxyl groups is 1. The van der Waals surface area contributed by atoms with E-state index in [2.05, 4.69) is 31.7 Å². The highest BCUT2D eigenvalue weighted by Gasteiger charge is 2.53. The number of carbonyl (C=O) groups excluding carboxylic acids is 2. The molecular weight excluding hydrogens is 452 g/mol. The first-order valence-corrected chi connectivity index (χ1v) is 10.9. The lowest BCUT2D eigenvalue weighted by Crippen LogP contribution is -2.60. The van der Waals surface area contributed by atoms with Gasteiger partial charge in [0.1, 0.15) is 12.0 Å². The maximum Gasteiger partial charge on any atom is 0.281 e. The van der Waals surface area contributed by atoms with E-state index in [9.17, 15) is 14.7 Å². The molecule has 9 nitrogen and oxygen atoms in total. The van der Waals surface area contributed by atoms with Crippen LogP contribution in [0.2, 0.25) is 0 Å². The van der Waals surface area contributed by atoms with E-state index in [0.717, 1.165) is 18.4 Å². The first-order chi connectivity index (χ1) is 14.1. The van der Waals surface area contributed by atoms with Gasteiger partial charge in [-0.05, 0) is 24.3 Å². The van der Waals surface area contributed by atoms with E-state index in [4.69, 9.17) is 5.73 Å². The van der Waals surface area contributed by atoms with Crippen molar-refractivity contribution in [3.8, 4) is 0 Å². The molecule has 2 amide bonds. The van der Waals surface area contributed by atoms with Gasteiger partial charge in [0.15, 0.2) is 5.57 Å². The van der Waals surface area contributed by atoms with Crippen LogP contribution in [0.1, 0.15) is 45.2 Å². The van der Waals surface area contributed by atoms with Crippen LogP contribution in [-0.4, -0.2) is 55.4 Å². The van der Waals surface area contributed by atoms with E-state index >= 15 is 0 Å². The van der Waals surface area contributed by atoms with Crippen molar-refractivity contribution in [2.24, 2.45) is 5.41 Å². The van der Waals surface area contributed by atoms with Gasteiger partial charge in [-0.2, -0.15) is 0 Å². The highest BCUT2D eigenvalue weighted by atomic mass is 79.9. The average Bonchev–Trinajstić information content (AvgIpc) is 3.39. The van der Waals surface area contributed by atoms with E-state index in [-0.39, 0.29) is 33.8 Å². The van der Waals surface area contributed by atoms with Crippen LogP contribution < -0.4 is 16.5 Å². The van der Waals surface area contributed by atoms with Gasteiger partial charge < -0.3 is 21.1 Å². The third-order valence-electron chi connectivity index (χ3n) is 5.38. The molecule has 3 unspecified atom stereocenters. The van der Waals surface area contributed by atoms with Crippen molar-refractivity contribution >= 4 is 33.6 Å². The molecule has 0 radical (unpaired) electrons. The van der Waals surface area contributed by atoms with Gasteiger partial charge >= 0.3 is 0 Å². The number of nitrogens with two attached hydrogens (primary N) is 1. The minimum absolute atomic E-state index is 0.0674. The third kappa shape index (κ3) is 3.74. The number of hydrogen-bond donors (Lipinski definition) is 4. The Morgan fingerprint density at radius 3 is 2.73 bits per heavy atom. The lowest BCUT2D eigenvalue weighted by atomic mass is 9.94. The monoisotopic (exact) mass is 478 g/mol. The fraction of sp³-hybridized carbons (Fsp3) is 0.550. The normalized spacial score (nSPS) is 26.8. The number of alkyl halides is 1. The maximum atomic E-state index is 13.3. The van der Waals surface area contributed by atoms with Crippen LogP contribution in [0.15, 0.2) is 29.8 Å². The van der Waals surface area contributed by atoms with Crippen molar-refractivity contribution in [3.05, 3.63) is 35.3 Å². The molecule has 1 aromatic heterocycles. The summed E-state index contributed by atoms with van der Waals surface area (Å²) in [4.78, 5) is 31.6. The zero-order valence-electron chi connectivity index (χ0n) is 17.2. The Bertz CT molecular complexity index is 910. The molecule has 10 heteroatoms. The standard InChI is InChI=1S/C20H27BrN6O3/c1-20(2,3)9-26-17-13(21)14(11-5-4-8-23-15(11)22)25-27(17)19(30)12(18(26)29)16(28)24-10-6-7-10/h4-5,8,10,13-14,17,25,29H,6-7,9H2,1-3H3,(H2,22,23)(H,24,28). The summed E-state index contributed by atoms with van der Waals surface area (Å²) in [5, 5.41) is 15.3. The number of nitrogens with one attached hydrogen (secondary N) is 2. The first-order valence-electron chi connectivity index (χ1n) is 10.0. The Morgan fingerprint density at radius 1 is 1.43 bits per heavy atom. The smallest absolute Gasteiger partial charge is 0.281 e. The molecule has 1 saturated carbocycles. The number of halogens is 1. The Kier molecular flexibility index (Phi) is 5.17. The molecule has 162 valence electrons. The molecule has 3 heterocycles. The SMILES string of the molecule is CC(C)(C)CN1C(O)=C(C(=O)NC2CC2)C(=O)N2NC(c3cccnc3N)C(Br)C12. The topological polar surface area (TPSA) is 124 Å². The number of nitrogen functional groups attached to an aromatic ring is 1. The van der Waals surface area contributed by atoms with Crippen molar-refractivity contribution < 1.29 is 14.7 Å². The van der Waals surface area contributed by atoms with Crippen molar-refractivity contribution in [3.63, 3.8) is 0 Å². The fourth-order valence-electron chi connectivity index (χ4n) is 3.88. The molecule has 2 aliphatic heterocycles. The quantitative estimate of drug-likeness (QED) is 0.382. The Morgan fingerprint density at radius 2 is 2.13 bits per heavy atom. The van der Waals surface area contributed by atoms with Crippen LogP contribution in [0.25, 0.3) is 0 Å². The second-order valence-electron chi connectivity index (χ2n) is 9.25. The van der Waals surface area contributed by atoms with Crippen molar-refractivity contribution in [2.45, 2.75) is 56.7 Å². The summed E-state index contributed by atoms with van der Waals surface area (Å²) < 4.78 is 0. The minimum atomic E-state index is -0.560. The Balaban J connectivity index is 1.73. The Hall–Kier alpha value is -2.33. The molecule has 1 aromatic rings. The number of carbonyl (C=O) groups is 2. The van der Waals surface area contributed by atoms with Crippen LogP contribution in [0.4, 0.5) is 5.82 Å². The van der Waals surface area contributed by atoms with Crippen molar-refractivity contribution in [1.29, 1.82) is 0 Å². The number of fused-ring (bicyclic) bond motifs is 1. The van der Waals surface area contributed by atoms with Crippen LogP contribution in [0, 0.1) is 5.41 Å². The summed E-state index contributed by atoms with van der Waals surface area (Å²) >= 11 is 3.71. The van der Waals surface area contributed by atoms with Crippen molar-refractivity contribution in [1.82, 2.24) is 25.6 Å². The van der Waals surface area contributed by atoms with Gasteiger partial charge in [0.2, 0.25) is 5.88 Å². The van der Waals surface area contributed by atoms with E-state index < -0.39 is 18.0 Å². The van der Waals surface area contributed by atoms with Crippen LogP contribution in [0.3, 0.4) is 0 Å². The maximum absolute atomic E-state index is 13.3. The lowest BCUT2D eigenvalue weighted by molar-refractivity contribution is -0.141. The van der Waals surface area contributed by atoms with Gasteiger partial charge in [-0.1, -0.05) is 42.8 Å². The summed E-state index contributed by atoms with van der Waals surface area (Å²) in [5.41, 5.74) is 9.56. The van der Waals surface area contributed by atoms with Gasteiger partial charge in [-0.3, -0.25) is 9.59 Å². The van der Waals surface area contributed by atoms with Crippen LogP contribution >= 0.6 is 15.9 Å². The number of rotatable bonds is 4. The van der Waals surface area contributed by atoms with E-state index in [1.807, 2.05) is 26.8 Å². The molecule has 1 aliphatic carbocycles. The highest BCUT2D eigenvalue weighted by Crippen LogP contribution is 2.41. The number of amides is 2. The summed E-state index contributed by atoms with van der Waals surface area (Å²) in [5.74, 6) is -1.04. The number of aromatic nitrogens is 1. The largest absolute Gasteiger partial charge is 0.494 e. The molecule has 0 bridgehead atoms. The van der Waals surface area contributed by atoms with Gasteiger partial charge in [0.25, 0.3) is 11.8 Å². The zero-order chi connectivity index (χ0) is 21.8. The molecular formula is C20H27BrN6O3. The summed E-state index contributed by atoms with van der Waals surface area (Å²) in [6.45, 7) is 6.54. The van der Waals surface area contributed by atoms with Gasteiger partial charge in [-0.15, -0.1) is 0 Å². The van der Waals surface area contributed by atoms with Gasteiger partial charge in [-0.25, -0.2) is 15.4 Å². The second-order valence-corrected chi connectivity index (χ2v) is 10.3. The first kappa shape index (κ1) is 20.9. The number of aliphatic hydroxyl groups excluding tert-OH is 1. The number of hydrogen-bond acceptors (Lipinski definition) is 7. The van der Waals surface area contributed by atoms with E-state index in [0.29, 0.717) is 12.4 Å². The molecule has 1 saturated heterocycles. The molecule has 0 aromatic carbocycles. The molecule has 30 heavy (non-hydrogen) atoms. The number of hydrazine groups is 1. The van der Waals surface area contributed by atoms with E-state index in [1.54, 1.807) is 17.2 Å². The average molecular weight is 479 g/mol. The third-order valence-corrected chi connectivity index (χ3v) is 6.39. The summed E-state index contributed by atoms with van der Waals surface area (Å²) in [7, 11) is 0. The molecule has 3 atom stereocenters. The Labute approximate surface area is 183 Å². The summed E-state index contributed by atoms with van der Waals surface area (Å²) in [6, 6.07) is 3.33. The minimum Gasteiger partial charge on any atom is -0.494 e. The molecule has 0 spiro atoms. The zero-order valence-corrected chi connectivity index (χ0v) is 18.8. The number of nitrogens with zero attached hydrogens (tertiary/aromatic N) is 3. The summed E-state index contributed by atoms with van der Waals surface area (Å²) in [6.07, 6.45) is 2.83. The predicted octanol–water partition coefficient (Wildman–Crippen LogP) is 1.55. The lowest BCUT2D eigenvalue weighted by Gasteiger charge is -2.43. The van der Waals surface area contributed by atoms with Crippen LogP contribution in [0.5, 0.6) is 0 Å². The van der Waals surface area contributed by atoms with Gasteiger partial charge in [0.05, 0.1) is 10.9 Å². The van der Waals surface area contributed by atoms with E-state index in [1.165, 1.54) is 5.01 Å². The number of anilines is 1. The molecule has 2 fully saturated rings. The van der Waals surface area contributed by atoms with Crippen LogP contribution in [-0.2, 0) is 9.59 Å². The van der Waals surface area contributed by atoms with Gasteiger partial charge in [0, 0.05) is 24.3 Å². The molecule has 5 N–H and O–H groups in total. The highest BCUT2D eigenvalue weighted by molar-refractivity contribution is 9.09. The molecule has 4 rings (SSSR count). The van der Waals surface area contributed by atoms with Crippen molar-refractivity contribution in [2.75, 3.05) is 12.3 Å². The number of pyridine rings is 1. The predicted molar refractivity (Wildman–Crippen MR) is 115 cm³/mol. The second kappa shape index (κ2) is 7.42. The fourth-order valence-corrected chi connectivity index (χ4v) is 4.81.